The molecule has 14 heteroatoms. The number of fused-ring (bicyclic) bond motifs is 5. The standard InChI is InChI=1S/C49H52O14/c1-28-36(59-29(2)50)25-49(56)44(57-26-33-14-10-8-11-15-33)42-47(7,43(54)41(60-30(3)51)40(28)46(49,5)6)37(24-38-48(42,27-58-38)63-31(4)52)62-39(53)23-20-32-18-21-34(22-19-32)45(55)61-35-16-12-9-13-17-35/h8-23,36-38,41-42,44,56H,24-27H2,1-7H3/b23-20+/t36-,37-,38+,41+,42-,44-,47+,48-,49+/m0/s1. The molecule has 3 aromatic rings. The minimum Gasteiger partial charge on any atom is -0.458 e. The van der Waals surface area contributed by atoms with Crippen LogP contribution in [0.3, 0.4) is 0 Å². The van der Waals surface area contributed by atoms with E-state index in [0.29, 0.717) is 16.9 Å². The fourth-order valence-corrected chi connectivity index (χ4v) is 10.2. The molecule has 63 heavy (non-hydrogen) atoms. The van der Waals surface area contributed by atoms with Gasteiger partial charge >= 0.3 is 29.8 Å². The molecule has 1 aliphatic heterocycles. The second-order valence-corrected chi connectivity index (χ2v) is 17.4. The van der Waals surface area contributed by atoms with Crippen molar-refractivity contribution in [1.29, 1.82) is 0 Å². The summed E-state index contributed by atoms with van der Waals surface area (Å²) in [6.45, 7) is 9.96. The molecule has 0 radical (unpaired) electrons. The molecule has 14 nitrogen and oxygen atoms in total. The van der Waals surface area contributed by atoms with Crippen molar-refractivity contribution in [2.75, 3.05) is 6.61 Å². The number of para-hydroxylation sites is 1. The molecule has 3 fully saturated rings. The molecule has 1 N–H and O–H groups in total. The highest BCUT2D eigenvalue weighted by Gasteiger charge is 2.78. The number of carbonyl (C=O) groups excluding carboxylic acids is 6. The maximum absolute atomic E-state index is 15.9. The van der Waals surface area contributed by atoms with Gasteiger partial charge in [-0.2, -0.15) is 0 Å². The Morgan fingerprint density at radius 2 is 1.46 bits per heavy atom. The Labute approximate surface area is 365 Å². The molecule has 2 saturated carbocycles. The Morgan fingerprint density at radius 1 is 0.825 bits per heavy atom. The van der Waals surface area contributed by atoms with Crippen molar-refractivity contribution in [1.82, 2.24) is 0 Å². The highest BCUT2D eigenvalue weighted by molar-refractivity contribution is 5.96. The Bertz CT molecular complexity index is 2340. The van der Waals surface area contributed by atoms with Crippen LogP contribution in [-0.2, 0) is 59.0 Å². The van der Waals surface area contributed by atoms with Crippen LogP contribution in [0.15, 0.2) is 102 Å². The first-order valence-electron chi connectivity index (χ1n) is 20.9. The summed E-state index contributed by atoms with van der Waals surface area (Å²) in [5, 5.41) is 13.6. The largest absolute Gasteiger partial charge is 0.458 e. The molecule has 7 rings (SSSR count). The van der Waals surface area contributed by atoms with Crippen LogP contribution < -0.4 is 4.74 Å². The van der Waals surface area contributed by atoms with Crippen LogP contribution in [-0.4, -0.2) is 89.1 Å². The number of esters is 5. The Balaban J connectivity index is 1.33. The third-order valence-corrected chi connectivity index (χ3v) is 13.3. The molecule has 3 aliphatic carbocycles. The van der Waals surface area contributed by atoms with Crippen LogP contribution in [0.4, 0.5) is 0 Å². The van der Waals surface area contributed by atoms with Crippen LogP contribution >= 0.6 is 0 Å². The van der Waals surface area contributed by atoms with E-state index >= 15 is 4.79 Å². The summed E-state index contributed by atoms with van der Waals surface area (Å²) in [4.78, 5) is 81.4. The molecule has 2 bridgehead atoms. The van der Waals surface area contributed by atoms with Crippen molar-refractivity contribution in [2.45, 2.75) is 110 Å². The van der Waals surface area contributed by atoms with Gasteiger partial charge in [-0.1, -0.05) is 74.5 Å². The topological polar surface area (TPSA) is 187 Å². The Hall–Kier alpha value is -5.96. The summed E-state index contributed by atoms with van der Waals surface area (Å²) >= 11 is 0. The normalized spacial score (nSPS) is 30.6. The maximum Gasteiger partial charge on any atom is 0.343 e. The fraction of sp³-hybridized carbons (Fsp3) is 0.429. The number of ether oxygens (including phenoxy) is 7. The average molecular weight is 865 g/mol. The van der Waals surface area contributed by atoms with E-state index in [2.05, 4.69) is 0 Å². The third-order valence-electron chi connectivity index (χ3n) is 13.3. The number of Topliss-reactive ketones (excluding diaryl/α,β-unsaturated/α-hetero) is 1. The van der Waals surface area contributed by atoms with Gasteiger partial charge in [-0.05, 0) is 66.5 Å². The van der Waals surface area contributed by atoms with Gasteiger partial charge in [-0.15, -0.1) is 0 Å². The SMILES string of the molecule is CC(=O)O[C@H]1C(=O)[C@]2(C)[C@@H](OC(=O)/C=C/c3ccc(C(=O)Oc4ccccc4)cc3)C[C@H]3OC[C@@]3(OC(C)=O)[C@H]2[C@H](OCc2ccccc2)[C@]2(O)C[C@H](OC(C)=O)C(C)=C1C2(C)C. The van der Waals surface area contributed by atoms with Crippen molar-refractivity contribution in [3.63, 3.8) is 0 Å². The van der Waals surface area contributed by atoms with E-state index in [0.717, 1.165) is 12.5 Å². The van der Waals surface area contributed by atoms with Crippen molar-refractivity contribution in [3.8, 4) is 5.75 Å². The molecule has 4 aliphatic rings. The predicted octanol–water partition coefficient (Wildman–Crippen LogP) is 6.07. The number of hydrogen-bond acceptors (Lipinski definition) is 14. The number of benzene rings is 3. The van der Waals surface area contributed by atoms with Gasteiger partial charge in [-0.3, -0.25) is 19.2 Å². The number of hydrogen-bond donors (Lipinski definition) is 1. The van der Waals surface area contributed by atoms with Gasteiger partial charge in [0.05, 0.1) is 30.3 Å². The van der Waals surface area contributed by atoms with E-state index < -0.39 is 94.1 Å². The van der Waals surface area contributed by atoms with Gasteiger partial charge in [0.25, 0.3) is 0 Å². The zero-order valence-electron chi connectivity index (χ0n) is 36.3. The molecule has 3 aromatic carbocycles. The molecule has 0 aromatic heterocycles. The number of ketones is 1. The second-order valence-electron chi connectivity index (χ2n) is 17.4. The van der Waals surface area contributed by atoms with E-state index in [1.165, 1.54) is 26.0 Å². The summed E-state index contributed by atoms with van der Waals surface area (Å²) in [6.07, 6.45) is -4.14. The molecule has 0 spiro atoms. The average Bonchev–Trinajstić information content (AvgIpc) is 3.22. The fourth-order valence-electron chi connectivity index (χ4n) is 10.2. The lowest BCUT2D eigenvalue weighted by molar-refractivity contribution is -0.352. The van der Waals surface area contributed by atoms with Crippen LogP contribution in [0.2, 0.25) is 0 Å². The maximum atomic E-state index is 15.9. The number of aliphatic hydroxyl groups is 1. The highest BCUT2D eigenvalue weighted by atomic mass is 16.6. The van der Waals surface area contributed by atoms with Crippen LogP contribution in [0.5, 0.6) is 5.75 Å². The summed E-state index contributed by atoms with van der Waals surface area (Å²) in [5.74, 6) is -5.21. The quantitative estimate of drug-likeness (QED) is 0.0770. The molecule has 332 valence electrons. The first kappa shape index (κ1) is 45.1. The molecule has 1 saturated heterocycles. The lowest BCUT2D eigenvalue weighted by atomic mass is 9.44. The molecule has 0 unspecified atom stereocenters. The van der Waals surface area contributed by atoms with E-state index in [4.69, 9.17) is 33.2 Å². The zero-order valence-corrected chi connectivity index (χ0v) is 36.3. The lowest BCUT2D eigenvalue weighted by Gasteiger charge is -2.68. The smallest absolute Gasteiger partial charge is 0.343 e. The van der Waals surface area contributed by atoms with Crippen molar-refractivity contribution < 1.29 is 67.0 Å². The van der Waals surface area contributed by atoms with Crippen molar-refractivity contribution in [2.24, 2.45) is 16.7 Å². The van der Waals surface area contributed by atoms with E-state index in [1.807, 2.05) is 30.3 Å². The minimum atomic E-state index is -2.04. The van der Waals surface area contributed by atoms with Crippen LogP contribution in [0.25, 0.3) is 6.08 Å². The minimum absolute atomic E-state index is 0.0774. The predicted molar refractivity (Wildman–Crippen MR) is 224 cm³/mol. The summed E-state index contributed by atoms with van der Waals surface area (Å²) in [7, 11) is 0. The van der Waals surface area contributed by atoms with Crippen LogP contribution in [0, 0.1) is 16.7 Å². The first-order valence-corrected chi connectivity index (χ1v) is 20.9. The number of rotatable bonds is 11. The molecule has 0 amide bonds. The summed E-state index contributed by atoms with van der Waals surface area (Å²) in [5.41, 5.74) is -4.85. The first-order chi connectivity index (χ1) is 29.8. The van der Waals surface area contributed by atoms with Crippen molar-refractivity contribution >= 4 is 41.7 Å². The number of carbonyl (C=O) groups is 6. The van der Waals surface area contributed by atoms with Gasteiger partial charge in [0, 0.05) is 51.0 Å². The molecular weight excluding hydrogens is 813 g/mol. The van der Waals surface area contributed by atoms with Gasteiger partial charge < -0.3 is 38.3 Å². The van der Waals surface area contributed by atoms with E-state index in [1.54, 1.807) is 82.3 Å². The summed E-state index contributed by atoms with van der Waals surface area (Å²) < 4.78 is 42.7. The van der Waals surface area contributed by atoms with E-state index in [9.17, 15) is 29.1 Å². The van der Waals surface area contributed by atoms with Gasteiger partial charge in [-0.25, -0.2) is 9.59 Å². The van der Waals surface area contributed by atoms with Crippen LogP contribution in [0.1, 0.15) is 82.8 Å². The van der Waals surface area contributed by atoms with Gasteiger partial charge in [0.15, 0.2) is 17.5 Å². The highest BCUT2D eigenvalue weighted by Crippen LogP contribution is 2.65. The zero-order chi connectivity index (χ0) is 45.5. The van der Waals surface area contributed by atoms with E-state index in [-0.39, 0.29) is 37.2 Å². The molecular formula is C49H52O14. The Morgan fingerprint density at radius 3 is 2.05 bits per heavy atom. The molecule has 9 atom stereocenters. The Kier molecular flexibility index (Phi) is 12.4. The monoisotopic (exact) mass is 864 g/mol. The van der Waals surface area contributed by atoms with Gasteiger partial charge in [0.1, 0.15) is 29.7 Å². The second kappa shape index (κ2) is 17.3. The van der Waals surface area contributed by atoms with Gasteiger partial charge in [0.2, 0.25) is 0 Å². The lowest BCUT2D eigenvalue weighted by Crippen LogP contribution is -2.82. The third kappa shape index (κ3) is 8.23. The molecule has 1 heterocycles. The van der Waals surface area contributed by atoms with Crippen molar-refractivity contribution in [3.05, 3.63) is 119 Å². The summed E-state index contributed by atoms with van der Waals surface area (Å²) in [6, 6.07) is 24.1.